The van der Waals surface area contributed by atoms with Gasteiger partial charge in [0.05, 0.1) is 26.4 Å². The predicted octanol–water partition coefficient (Wildman–Crippen LogP) is -1.84. The minimum absolute atomic E-state index is 0. The zero-order valence-corrected chi connectivity index (χ0v) is 19.3. The van der Waals surface area contributed by atoms with Gasteiger partial charge in [-0.1, -0.05) is 0 Å². The molecule has 0 aliphatic heterocycles. The van der Waals surface area contributed by atoms with E-state index < -0.39 is 0 Å². The summed E-state index contributed by atoms with van der Waals surface area (Å²) in [4.78, 5) is 7.72. The van der Waals surface area contributed by atoms with Crippen LogP contribution in [0, 0.1) is 0 Å². The van der Waals surface area contributed by atoms with Gasteiger partial charge in [0, 0.05) is 47.9 Å². The van der Waals surface area contributed by atoms with Crippen LogP contribution < -0.4 is 0 Å². The van der Waals surface area contributed by atoms with Gasteiger partial charge in [0.15, 0.2) is 0 Å². The number of hydrogen-bond acceptors (Lipinski definition) is 8. The molecule has 0 bridgehead atoms. The number of aliphatic hydroxyl groups is 4. The summed E-state index contributed by atoms with van der Waals surface area (Å²) < 4.78 is 0. The van der Waals surface area contributed by atoms with E-state index in [0.717, 1.165) is 26.2 Å². The summed E-state index contributed by atoms with van der Waals surface area (Å²) in [5.74, 6) is 0. The average Bonchev–Trinajstić information content (AvgIpc) is 2.39. The van der Waals surface area contributed by atoms with Gasteiger partial charge in [0.2, 0.25) is 0 Å². The molecule has 25 heavy (non-hydrogen) atoms. The van der Waals surface area contributed by atoms with E-state index in [4.69, 9.17) is 20.4 Å². The van der Waals surface area contributed by atoms with E-state index in [1.165, 1.54) is 0 Å². The predicted molar refractivity (Wildman–Crippen MR) is 103 cm³/mol. The van der Waals surface area contributed by atoms with Crippen molar-refractivity contribution in [1.29, 1.82) is 0 Å². The Morgan fingerprint density at radius 3 is 0.520 bits per heavy atom. The molecule has 0 fully saturated rings. The Kier molecular flexibility index (Phi) is 46.6. The molecule has 0 rings (SSSR count). The van der Waals surface area contributed by atoms with E-state index in [-0.39, 0.29) is 48.1 Å². The van der Waals surface area contributed by atoms with Crippen LogP contribution in [-0.2, 0) is 21.7 Å². The maximum atomic E-state index is 8.20. The summed E-state index contributed by atoms with van der Waals surface area (Å²) >= 11 is 0. The second-order valence-corrected chi connectivity index (χ2v) is 6.11. The summed E-state index contributed by atoms with van der Waals surface area (Å²) in [6, 6.07) is 0. The van der Waals surface area contributed by atoms with Crippen molar-refractivity contribution >= 4 is 0 Å². The Hall–Kier alpha value is 0.394. The Morgan fingerprint density at radius 2 is 0.520 bits per heavy atom. The first-order valence-electron chi connectivity index (χ1n) is 8.11. The third kappa shape index (κ3) is 79.6. The smallest absolute Gasteiger partial charge is 0.0558 e. The normalized spacial score (nSPS) is 9.60. The minimum atomic E-state index is 0. The molecule has 0 unspecified atom stereocenters. The van der Waals surface area contributed by atoms with E-state index in [0.29, 0.717) is 0 Å². The SMILES string of the molecule is CN(C)CCO.CN(C)CCO.CN(C)CCO.CN(C)CCO.[Ti]. The average molecular weight is 404 g/mol. The van der Waals surface area contributed by atoms with Crippen LogP contribution in [0.5, 0.6) is 0 Å². The molecule has 0 aliphatic carbocycles. The minimum Gasteiger partial charge on any atom is -0.395 e. The van der Waals surface area contributed by atoms with E-state index >= 15 is 0 Å². The fraction of sp³-hybridized carbons (Fsp3) is 1.00. The quantitative estimate of drug-likeness (QED) is 0.351. The van der Waals surface area contributed by atoms with Crippen LogP contribution in [0.4, 0.5) is 0 Å². The zero-order valence-electron chi connectivity index (χ0n) is 17.7. The van der Waals surface area contributed by atoms with E-state index in [1.54, 1.807) is 0 Å². The number of likely N-dealkylation sites (N-methyl/N-ethyl adjacent to an activating group) is 4. The molecular weight excluding hydrogens is 360 g/mol. The topological polar surface area (TPSA) is 93.9 Å². The summed E-state index contributed by atoms with van der Waals surface area (Å²) in [6.07, 6.45) is 0. The monoisotopic (exact) mass is 404 g/mol. The maximum Gasteiger partial charge on any atom is 0.0558 e. The third-order valence-electron chi connectivity index (χ3n) is 2.19. The van der Waals surface area contributed by atoms with Gasteiger partial charge in [-0.2, -0.15) is 0 Å². The third-order valence-corrected chi connectivity index (χ3v) is 2.19. The Labute approximate surface area is 170 Å². The summed E-state index contributed by atoms with van der Waals surface area (Å²) in [6.45, 7) is 4.08. The Bertz CT molecular complexity index is 161. The van der Waals surface area contributed by atoms with Crippen molar-refractivity contribution in [3.05, 3.63) is 0 Å². The standard InChI is InChI=1S/4C4H11NO.Ti/c4*1-5(2)3-4-6;/h4*6H,3-4H2,1-2H3;. The van der Waals surface area contributed by atoms with E-state index in [2.05, 4.69) is 0 Å². The molecule has 0 aromatic rings. The molecule has 156 valence electrons. The van der Waals surface area contributed by atoms with Crippen molar-refractivity contribution < 1.29 is 42.1 Å². The summed E-state index contributed by atoms with van der Waals surface area (Å²) in [5.41, 5.74) is 0. The van der Waals surface area contributed by atoms with Crippen molar-refractivity contribution in [3.8, 4) is 0 Å². The first-order valence-corrected chi connectivity index (χ1v) is 8.11. The van der Waals surface area contributed by atoms with Crippen molar-refractivity contribution in [2.75, 3.05) is 109 Å². The molecule has 0 aromatic carbocycles. The molecule has 0 atom stereocenters. The fourth-order valence-electron chi connectivity index (χ4n) is 0.800. The molecule has 0 saturated heterocycles. The second-order valence-electron chi connectivity index (χ2n) is 6.11. The molecule has 8 nitrogen and oxygen atoms in total. The van der Waals surface area contributed by atoms with Crippen LogP contribution in [0.1, 0.15) is 0 Å². The van der Waals surface area contributed by atoms with Crippen molar-refractivity contribution in [3.63, 3.8) is 0 Å². The Morgan fingerprint density at radius 1 is 0.400 bits per heavy atom. The van der Waals surface area contributed by atoms with Gasteiger partial charge in [-0.3, -0.25) is 0 Å². The Balaban J connectivity index is -0.0000000702. The van der Waals surface area contributed by atoms with Crippen LogP contribution in [0.25, 0.3) is 0 Å². The van der Waals surface area contributed by atoms with E-state index in [9.17, 15) is 0 Å². The molecule has 0 amide bonds. The molecular formula is C16H44N4O4Ti. The first kappa shape index (κ1) is 36.3. The summed E-state index contributed by atoms with van der Waals surface area (Å²) in [5, 5.41) is 32.8. The van der Waals surface area contributed by atoms with Crippen molar-refractivity contribution in [1.82, 2.24) is 19.6 Å². The molecule has 0 heterocycles. The number of hydrogen-bond donors (Lipinski definition) is 4. The molecule has 0 aliphatic rings. The number of aliphatic hydroxyl groups excluding tert-OH is 4. The molecule has 9 heteroatoms. The number of rotatable bonds is 8. The number of nitrogens with zero attached hydrogens (tertiary/aromatic N) is 4. The first-order chi connectivity index (χ1) is 11.1. The molecule has 0 aromatic heterocycles. The van der Waals surface area contributed by atoms with Crippen LogP contribution in [-0.4, -0.2) is 149 Å². The zero-order chi connectivity index (χ0) is 20.0. The summed E-state index contributed by atoms with van der Waals surface area (Å²) in [7, 11) is 15.4. The maximum absolute atomic E-state index is 8.20. The van der Waals surface area contributed by atoms with Gasteiger partial charge >= 0.3 is 0 Å². The second kappa shape index (κ2) is 32.1. The van der Waals surface area contributed by atoms with Crippen LogP contribution in [0.3, 0.4) is 0 Å². The van der Waals surface area contributed by atoms with Gasteiger partial charge < -0.3 is 40.0 Å². The van der Waals surface area contributed by atoms with Crippen molar-refractivity contribution in [2.45, 2.75) is 0 Å². The van der Waals surface area contributed by atoms with Gasteiger partial charge in [-0.25, -0.2) is 0 Å². The van der Waals surface area contributed by atoms with Crippen molar-refractivity contribution in [2.24, 2.45) is 0 Å². The molecule has 0 radical (unpaired) electrons. The molecule has 0 spiro atoms. The van der Waals surface area contributed by atoms with Crippen LogP contribution in [0.15, 0.2) is 0 Å². The van der Waals surface area contributed by atoms with Crippen LogP contribution >= 0.6 is 0 Å². The fourth-order valence-corrected chi connectivity index (χ4v) is 0.800. The van der Waals surface area contributed by atoms with Gasteiger partial charge in [-0.05, 0) is 56.4 Å². The largest absolute Gasteiger partial charge is 0.395 e. The van der Waals surface area contributed by atoms with Gasteiger partial charge in [0.25, 0.3) is 0 Å². The molecule has 0 saturated carbocycles. The van der Waals surface area contributed by atoms with Crippen LogP contribution in [0.2, 0.25) is 0 Å². The van der Waals surface area contributed by atoms with Gasteiger partial charge in [0.1, 0.15) is 0 Å². The van der Waals surface area contributed by atoms with E-state index in [1.807, 2.05) is 76.0 Å². The molecule has 4 N–H and O–H groups in total. The van der Waals surface area contributed by atoms with Gasteiger partial charge in [-0.15, -0.1) is 0 Å².